The number of aliphatic carboxylic acids is 1. The van der Waals surface area contributed by atoms with Gasteiger partial charge in [-0.1, -0.05) is 59.4 Å². The Morgan fingerprint density at radius 3 is 1.52 bits per heavy atom. The molecule has 436 valence electrons. The number of ether oxygens (including phenoxy) is 2. The smallest absolute Gasteiger partial charge is 0.408 e. The number of carbonyl (C=O) groups is 8. The minimum Gasteiger partial charge on any atom is -0.480 e. The Kier molecular flexibility index (Phi) is 21.9. The third-order valence-corrected chi connectivity index (χ3v) is 14.5. The van der Waals surface area contributed by atoms with Crippen LogP contribution in [0.1, 0.15) is 139 Å². The first-order valence-corrected chi connectivity index (χ1v) is 28.8. The molecule has 2 aromatic heterocycles. The molecule has 4 aliphatic heterocycles. The van der Waals surface area contributed by atoms with E-state index in [1.54, 1.807) is 78.9 Å². The molecule has 4 aliphatic rings. The molecule has 6 heterocycles. The van der Waals surface area contributed by atoms with Gasteiger partial charge in [-0.15, -0.1) is 0 Å². The number of nitrogens with zero attached hydrogens (tertiary/aromatic N) is 4. The first-order valence-electron chi connectivity index (χ1n) is 28.0. The molecule has 8 rings (SSSR count). The number of benzene rings is 2. The average Bonchev–Trinajstić information content (AvgIpc) is 4.34. The number of thiophene rings is 2. The maximum absolute atomic E-state index is 14.0. The summed E-state index contributed by atoms with van der Waals surface area (Å²) in [5.74, 6) is -1.32. The van der Waals surface area contributed by atoms with Crippen molar-refractivity contribution in [2.45, 2.75) is 176 Å². The van der Waals surface area contributed by atoms with Crippen LogP contribution in [0.25, 0.3) is 0 Å². The highest BCUT2D eigenvalue weighted by Gasteiger charge is 2.40. The predicted octanol–water partition coefficient (Wildman–Crippen LogP) is 9.33. The van der Waals surface area contributed by atoms with Crippen molar-refractivity contribution in [2.24, 2.45) is 17.6 Å². The van der Waals surface area contributed by atoms with Gasteiger partial charge >= 0.3 is 18.2 Å². The molecule has 7 amide bonds. The van der Waals surface area contributed by atoms with Crippen molar-refractivity contribution in [2.75, 3.05) is 32.7 Å². The van der Waals surface area contributed by atoms with Crippen LogP contribution in [-0.2, 0) is 64.2 Å². The third-order valence-electron chi connectivity index (χ3n) is 13.0. The number of para-hydroxylation sites is 2. The molecule has 0 aliphatic carbocycles. The molecule has 21 heteroatoms. The molecule has 2 aromatic carbocycles. The van der Waals surface area contributed by atoms with Crippen molar-refractivity contribution in [3.8, 4) is 0 Å². The summed E-state index contributed by atoms with van der Waals surface area (Å²) in [6, 6.07) is 12.5. The molecule has 2 fully saturated rings. The normalized spacial score (nSPS) is 17.9. The number of carboxylic acids is 1. The molecule has 80 heavy (non-hydrogen) atoms. The molecule has 2 saturated heterocycles. The van der Waals surface area contributed by atoms with Crippen molar-refractivity contribution in [1.29, 1.82) is 0 Å². The second-order valence-corrected chi connectivity index (χ2v) is 24.6. The van der Waals surface area contributed by atoms with Gasteiger partial charge in [0.15, 0.2) is 0 Å². The zero-order valence-corrected chi connectivity index (χ0v) is 49.7. The molecular weight excluding hydrogens is 1060 g/mol. The molecule has 6 N–H and O–H groups in total. The van der Waals surface area contributed by atoms with Crippen LogP contribution in [0.4, 0.5) is 32.3 Å². The predicted molar refractivity (Wildman–Crippen MR) is 314 cm³/mol. The fourth-order valence-electron chi connectivity index (χ4n) is 9.71. The summed E-state index contributed by atoms with van der Waals surface area (Å²) in [7, 11) is 1.25. The Balaban J connectivity index is 0.000000243. The SMILES string of the molecule is CC(C)C[C@@H](NC(=O)OC(C)(C)C)C(=O)NC1Cc2cccc(N3CCCC3=O)c2N(Cc2ccsc2)C1=O.CC(C)C[C@@H](NC(=O)OC(C)(C)C)C(=O)O.NC1Cc2cccc(N3CCCC3=O)c2N(Cc2ccsc2)C1=O.[2H]C. The summed E-state index contributed by atoms with van der Waals surface area (Å²) in [5.41, 5.74) is 11.9. The molecular formula is C59H82N8O11S2. The van der Waals surface area contributed by atoms with E-state index in [0.717, 1.165) is 57.8 Å². The number of carbonyl (C=O) groups excluding carboxylic acids is 7. The van der Waals surface area contributed by atoms with Gasteiger partial charge in [0.2, 0.25) is 29.5 Å². The number of rotatable bonds is 15. The lowest BCUT2D eigenvalue weighted by atomic mass is 9.94. The number of hydrogen-bond donors (Lipinski definition) is 5. The lowest BCUT2D eigenvalue weighted by Crippen LogP contribution is -2.57. The number of nitrogens with two attached hydrogens (primary N) is 1. The van der Waals surface area contributed by atoms with Crippen LogP contribution in [0.3, 0.4) is 0 Å². The van der Waals surface area contributed by atoms with Gasteiger partial charge in [-0.2, -0.15) is 22.7 Å². The molecule has 4 aromatic rings. The van der Waals surface area contributed by atoms with E-state index in [1.165, 1.54) is 7.40 Å². The molecule has 0 spiro atoms. The van der Waals surface area contributed by atoms with Crippen LogP contribution in [0.2, 0.25) is 0 Å². The number of fused-ring (bicyclic) bond motifs is 2. The fourth-order valence-corrected chi connectivity index (χ4v) is 11.0. The average molecular weight is 1140 g/mol. The lowest BCUT2D eigenvalue weighted by Gasteiger charge is -2.37. The lowest BCUT2D eigenvalue weighted by molar-refractivity contribution is -0.140. The Hall–Kier alpha value is -6.84. The molecule has 0 bridgehead atoms. The van der Waals surface area contributed by atoms with Crippen molar-refractivity contribution in [1.82, 2.24) is 16.0 Å². The van der Waals surface area contributed by atoms with E-state index in [2.05, 4.69) is 16.0 Å². The molecule has 2 unspecified atom stereocenters. The van der Waals surface area contributed by atoms with Gasteiger partial charge in [-0.05, 0) is 154 Å². The monoisotopic (exact) mass is 1140 g/mol. The van der Waals surface area contributed by atoms with Gasteiger partial charge in [-0.3, -0.25) is 24.0 Å². The number of alkyl carbamates (subject to hydrolysis) is 2. The van der Waals surface area contributed by atoms with Gasteiger partial charge in [0.05, 0.1) is 41.9 Å². The molecule has 0 saturated carbocycles. The largest absolute Gasteiger partial charge is 0.480 e. The number of anilines is 4. The summed E-state index contributed by atoms with van der Waals surface area (Å²) in [6.07, 6.45) is 2.91. The Bertz CT molecular complexity index is 2810. The van der Waals surface area contributed by atoms with E-state index < -0.39 is 59.4 Å². The van der Waals surface area contributed by atoms with E-state index in [9.17, 15) is 38.4 Å². The summed E-state index contributed by atoms with van der Waals surface area (Å²) in [4.78, 5) is 107. The number of hydrogen-bond acceptors (Lipinski definition) is 13. The van der Waals surface area contributed by atoms with Gasteiger partial charge in [-0.25, -0.2) is 14.4 Å². The van der Waals surface area contributed by atoms with E-state index in [-0.39, 0.29) is 41.9 Å². The third kappa shape index (κ3) is 17.6. The highest BCUT2D eigenvalue weighted by molar-refractivity contribution is 7.08. The van der Waals surface area contributed by atoms with Crippen LogP contribution in [-0.4, -0.2) is 101 Å². The molecule has 4 atom stereocenters. The summed E-state index contributed by atoms with van der Waals surface area (Å²) in [6.45, 7) is 20.3. The quantitative estimate of drug-likeness (QED) is 0.0747. The van der Waals surface area contributed by atoms with E-state index in [4.69, 9.17) is 21.7 Å². The van der Waals surface area contributed by atoms with Gasteiger partial charge in [0, 0.05) is 33.7 Å². The van der Waals surface area contributed by atoms with E-state index in [0.29, 0.717) is 58.3 Å². The number of amides is 7. The Morgan fingerprint density at radius 1 is 0.688 bits per heavy atom. The summed E-state index contributed by atoms with van der Waals surface area (Å²) in [5, 5.41) is 24.8. The van der Waals surface area contributed by atoms with Crippen molar-refractivity contribution < 1.29 is 54.3 Å². The van der Waals surface area contributed by atoms with Gasteiger partial charge in [0.1, 0.15) is 29.3 Å². The number of nitrogens with one attached hydrogen (secondary N) is 3. The Morgan fingerprint density at radius 2 is 1.12 bits per heavy atom. The number of carboxylic acid groups (broad SMARTS) is 1. The highest BCUT2D eigenvalue weighted by Crippen LogP contribution is 2.41. The topological polar surface area (TPSA) is 250 Å². The second-order valence-electron chi connectivity index (χ2n) is 23.1. The summed E-state index contributed by atoms with van der Waals surface area (Å²) < 4.78 is 16.1. The van der Waals surface area contributed by atoms with Crippen molar-refractivity contribution >= 4 is 93.1 Å². The van der Waals surface area contributed by atoms with E-state index in [1.807, 2.05) is 103 Å². The fraction of sp³-hybridized carbons (Fsp3) is 0.525. The van der Waals surface area contributed by atoms with Gasteiger partial charge in [0.25, 0.3) is 0 Å². The first kappa shape index (κ1) is 62.4. The second kappa shape index (κ2) is 28.0. The maximum Gasteiger partial charge on any atom is 0.408 e. The summed E-state index contributed by atoms with van der Waals surface area (Å²) >= 11 is 3.15. The first-order chi connectivity index (χ1) is 38.2. The molecule has 19 nitrogen and oxygen atoms in total. The van der Waals surface area contributed by atoms with Crippen molar-refractivity contribution in [3.05, 3.63) is 92.3 Å². The maximum atomic E-state index is 14.0. The van der Waals surface area contributed by atoms with Crippen LogP contribution in [0.15, 0.2) is 70.1 Å². The van der Waals surface area contributed by atoms with Crippen molar-refractivity contribution in [3.63, 3.8) is 0 Å². The van der Waals surface area contributed by atoms with Crippen LogP contribution < -0.4 is 41.3 Å². The molecule has 0 radical (unpaired) electrons. The van der Waals surface area contributed by atoms with Crippen LogP contribution in [0, 0.1) is 11.8 Å². The Labute approximate surface area is 480 Å². The zero-order valence-electron chi connectivity index (χ0n) is 49.1. The zero-order chi connectivity index (χ0) is 59.9. The minimum atomic E-state index is -1.04. The van der Waals surface area contributed by atoms with Gasteiger partial charge < -0.3 is 55.9 Å². The standard InChI is InChI=1S/C29H38N4O5S.C18H19N3O2S.C11H21NO4.CH4/c1-18(2)14-21(31-28(37)38-29(3,4)5)26(35)30-22-15-20-8-6-9-23(32-12-7-10-24(32)34)25(20)33(27(22)36)16-19-11-13-39-17-19;19-14-9-13-3-1-4-15(20-7-2-5-16(20)22)17(13)21(18(14)23)10-12-6-8-24-11-12;1-7(2)6-8(9(13)14)12-10(15)16-11(3,4)5;/h6,8-9,11,13,17-18,21-22H,7,10,12,14-16H2,1-5H3,(H,30,35)(H,31,37);1,3-4,6,8,11,14H,2,5,7,9-10,19H2;7-8H,6H2,1-5H3,(H,12,15)(H,13,14);1H4/t21-,22?;;8-;/m1.1./s1/i;;;1D. The minimum absolute atomic E-state index is 0.0477. The van der Waals surface area contributed by atoms with Crippen LogP contribution >= 0.6 is 22.7 Å². The highest BCUT2D eigenvalue weighted by atomic mass is 32.1. The van der Waals surface area contributed by atoms with E-state index >= 15 is 0 Å². The van der Waals surface area contributed by atoms with Crippen LogP contribution in [0.5, 0.6) is 0 Å².